The summed E-state index contributed by atoms with van der Waals surface area (Å²) >= 11 is 1.30. The highest BCUT2D eigenvalue weighted by molar-refractivity contribution is 7.16. The molecule has 1 aliphatic rings. The number of rotatable bonds is 3. The lowest BCUT2D eigenvalue weighted by molar-refractivity contribution is -0.141. The summed E-state index contributed by atoms with van der Waals surface area (Å²) in [5.74, 6) is 0.409. The number of methoxy groups -OCH3 is 1. The number of nitrogens with zero attached hydrogens (tertiary/aromatic N) is 2. The van der Waals surface area contributed by atoms with Crippen LogP contribution in [0.4, 0.5) is 0 Å². The average molecular weight is 370 g/mol. The van der Waals surface area contributed by atoms with E-state index >= 15 is 0 Å². The lowest BCUT2D eigenvalue weighted by Crippen LogP contribution is -2.22. The molecule has 2 heterocycles. The van der Waals surface area contributed by atoms with E-state index in [9.17, 15) is 9.59 Å². The van der Waals surface area contributed by atoms with E-state index in [0.29, 0.717) is 21.9 Å². The van der Waals surface area contributed by atoms with Crippen LogP contribution >= 0.6 is 11.3 Å². The van der Waals surface area contributed by atoms with Gasteiger partial charge < -0.3 is 18.8 Å². The molecule has 4 rings (SSSR count). The first-order valence-electron chi connectivity index (χ1n) is 7.79. The minimum Gasteiger partial charge on any atom is -0.468 e. The molecule has 1 amide bonds. The topological polar surface area (TPSA) is 79.1 Å². The molecule has 0 radical (unpaired) electrons. The summed E-state index contributed by atoms with van der Waals surface area (Å²) in [5.41, 5.74) is 1.20. The van der Waals surface area contributed by atoms with Crippen LogP contribution in [0, 0.1) is 0 Å². The molecule has 0 spiro atoms. The van der Waals surface area contributed by atoms with E-state index in [0.717, 1.165) is 10.2 Å². The lowest BCUT2D eigenvalue weighted by atomic mass is 10.2. The molecule has 0 unspecified atom stereocenters. The third-order valence-corrected chi connectivity index (χ3v) is 4.95. The van der Waals surface area contributed by atoms with Crippen molar-refractivity contribution in [2.45, 2.75) is 6.54 Å². The number of ether oxygens (including phenoxy) is 3. The van der Waals surface area contributed by atoms with Crippen LogP contribution in [-0.2, 0) is 16.1 Å². The van der Waals surface area contributed by atoms with Crippen LogP contribution in [-0.4, -0.2) is 30.3 Å². The molecule has 3 aromatic rings. The van der Waals surface area contributed by atoms with Gasteiger partial charge in [-0.1, -0.05) is 29.5 Å². The predicted octanol–water partition coefficient (Wildman–Crippen LogP) is 2.35. The molecule has 0 aliphatic carbocycles. The maximum Gasteiger partial charge on any atom is 0.325 e. The van der Waals surface area contributed by atoms with Gasteiger partial charge in [-0.3, -0.25) is 9.59 Å². The molecule has 132 valence electrons. The minimum absolute atomic E-state index is 0.0585. The summed E-state index contributed by atoms with van der Waals surface area (Å²) in [6.07, 6.45) is 0. The first-order valence-corrected chi connectivity index (χ1v) is 8.61. The number of hydrogen-bond donors (Lipinski definition) is 0. The van der Waals surface area contributed by atoms with Crippen molar-refractivity contribution in [1.29, 1.82) is 0 Å². The number of hydrogen-bond acceptors (Lipinski definition) is 6. The lowest BCUT2D eigenvalue weighted by Gasteiger charge is -2.04. The van der Waals surface area contributed by atoms with Crippen molar-refractivity contribution in [3.63, 3.8) is 0 Å². The molecule has 2 aromatic carbocycles. The van der Waals surface area contributed by atoms with Gasteiger partial charge in [0, 0.05) is 17.7 Å². The van der Waals surface area contributed by atoms with Crippen molar-refractivity contribution in [3.8, 4) is 11.5 Å². The van der Waals surface area contributed by atoms with Crippen LogP contribution in [0.25, 0.3) is 10.2 Å². The molecule has 0 fully saturated rings. The Bertz CT molecular complexity index is 1070. The Kier molecular flexibility index (Phi) is 4.18. The van der Waals surface area contributed by atoms with Crippen LogP contribution in [0.1, 0.15) is 10.4 Å². The van der Waals surface area contributed by atoms with E-state index in [-0.39, 0.29) is 19.2 Å². The molecule has 1 aliphatic heterocycles. The number of aromatic nitrogens is 1. The highest BCUT2D eigenvalue weighted by Gasteiger charge is 2.19. The summed E-state index contributed by atoms with van der Waals surface area (Å²) in [6.45, 7) is 0.102. The molecule has 7 nitrogen and oxygen atoms in total. The third-order valence-electron chi connectivity index (χ3n) is 3.91. The second kappa shape index (κ2) is 6.64. The second-order valence-electron chi connectivity index (χ2n) is 5.50. The maximum atomic E-state index is 12.5. The van der Waals surface area contributed by atoms with Gasteiger partial charge in [-0.2, -0.15) is 4.99 Å². The molecule has 0 saturated heterocycles. The Morgan fingerprint density at radius 1 is 1.19 bits per heavy atom. The van der Waals surface area contributed by atoms with E-state index in [4.69, 9.17) is 14.2 Å². The Morgan fingerprint density at radius 2 is 1.92 bits per heavy atom. The van der Waals surface area contributed by atoms with E-state index < -0.39 is 5.97 Å². The smallest absolute Gasteiger partial charge is 0.325 e. The largest absolute Gasteiger partial charge is 0.468 e. The molecular formula is C18H14N2O5S. The molecule has 26 heavy (non-hydrogen) atoms. The molecular weight excluding hydrogens is 356 g/mol. The minimum atomic E-state index is -0.434. The summed E-state index contributed by atoms with van der Waals surface area (Å²) in [7, 11) is 1.32. The van der Waals surface area contributed by atoms with Crippen molar-refractivity contribution in [2.24, 2.45) is 4.99 Å². The molecule has 0 N–H and O–H groups in total. The van der Waals surface area contributed by atoms with Crippen LogP contribution in [0.5, 0.6) is 11.5 Å². The number of carbonyl (C=O) groups is 2. The van der Waals surface area contributed by atoms with E-state index in [2.05, 4.69) is 4.99 Å². The molecule has 8 heteroatoms. The summed E-state index contributed by atoms with van der Waals surface area (Å²) < 4.78 is 18.1. The Hall–Kier alpha value is -3.13. The summed E-state index contributed by atoms with van der Waals surface area (Å²) in [4.78, 5) is 28.9. The standard InChI is InChI=1S/C18H14N2O5S/c1-23-16(21)9-20-12-7-13-14(25-10-24-13)8-15(12)26-18(20)19-17(22)11-5-3-2-4-6-11/h2-8H,9-10H2,1H3. The van der Waals surface area contributed by atoms with E-state index in [1.807, 2.05) is 12.1 Å². The van der Waals surface area contributed by atoms with E-state index in [1.54, 1.807) is 34.9 Å². The SMILES string of the molecule is COC(=O)Cn1c(=NC(=O)c2ccccc2)sc2cc3c(cc21)OCO3. The van der Waals surface area contributed by atoms with Gasteiger partial charge in [0.25, 0.3) is 5.91 Å². The molecule has 0 atom stereocenters. The molecule has 0 saturated carbocycles. The monoisotopic (exact) mass is 370 g/mol. The second-order valence-corrected chi connectivity index (χ2v) is 6.51. The first kappa shape index (κ1) is 16.3. The van der Waals surface area contributed by atoms with Crippen molar-refractivity contribution < 1.29 is 23.8 Å². The van der Waals surface area contributed by atoms with Gasteiger partial charge in [0.2, 0.25) is 6.79 Å². The van der Waals surface area contributed by atoms with Crippen molar-refractivity contribution >= 4 is 33.4 Å². The first-order chi connectivity index (χ1) is 12.7. The number of amides is 1. The highest BCUT2D eigenvalue weighted by atomic mass is 32.1. The van der Waals surface area contributed by atoms with Crippen molar-refractivity contribution in [3.05, 3.63) is 52.8 Å². The van der Waals surface area contributed by atoms with Crippen molar-refractivity contribution in [1.82, 2.24) is 4.57 Å². The zero-order valence-electron chi connectivity index (χ0n) is 13.8. The van der Waals surface area contributed by atoms with Gasteiger partial charge in [0.1, 0.15) is 6.54 Å². The summed E-state index contributed by atoms with van der Waals surface area (Å²) in [6, 6.07) is 12.4. The summed E-state index contributed by atoms with van der Waals surface area (Å²) in [5, 5.41) is 0. The maximum absolute atomic E-state index is 12.5. The molecule has 0 bridgehead atoms. The quantitative estimate of drug-likeness (QED) is 0.661. The Morgan fingerprint density at radius 3 is 2.65 bits per heavy atom. The van der Waals surface area contributed by atoms with Crippen molar-refractivity contribution in [2.75, 3.05) is 13.9 Å². The van der Waals surface area contributed by atoms with Gasteiger partial charge in [0.15, 0.2) is 16.3 Å². The van der Waals surface area contributed by atoms with Crippen LogP contribution in [0.2, 0.25) is 0 Å². The normalized spacial score (nSPS) is 13.2. The number of carbonyl (C=O) groups excluding carboxylic acids is 2. The van der Waals surface area contributed by atoms with Crippen LogP contribution < -0.4 is 14.3 Å². The van der Waals surface area contributed by atoms with Gasteiger partial charge in [-0.15, -0.1) is 0 Å². The average Bonchev–Trinajstić information content (AvgIpc) is 3.24. The molecule has 1 aromatic heterocycles. The zero-order chi connectivity index (χ0) is 18.1. The Balaban J connectivity index is 1.87. The van der Waals surface area contributed by atoms with Gasteiger partial charge >= 0.3 is 5.97 Å². The van der Waals surface area contributed by atoms with Gasteiger partial charge in [-0.05, 0) is 12.1 Å². The van der Waals surface area contributed by atoms with Crippen LogP contribution in [0.3, 0.4) is 0 Å². The Labute approximate surface area is 152 Å². The third kappa shape index (κ3) is 2.95. The number of thiazole rings is 1. The fourth-order valence-corrected chi connectivity index (χ4v) is 3.66. The number of benzene rings is 2. The predicted molar refractivity (Wildman–Crippen MR) is 94.3 cm³/mol. The van der Waals surface area contributed by atoms with Gasteiger partial charge in [-0.25, -0.2) is 0 Å². The number of fused-ring (bicyclic) bond motifs is 2. The fourth-order valence-electron chi connectivity index (χ4n) is 2.62. The van der Waals surface area contributed by atoms with Crippen LogP contribution in [0.15, 0.2) is 47.5 Å². The van der Waals surface area contributed by atoms with Gasteiger partial charge in [0.05, 0.1) is 17.3 Å². The fraction of sp³-hybridized carbons (Fsp3) is 0.167. The highest BCUT2D eigenvalue weighted by Crippen LogP contribution is 2.37. The zero-order valence-corrected chi connectivity index (χ0v) is 14.6. The number of esters is 1. The van der Waals surface area contributed by atoms with E-state index in [1.165, 1.54) is 18.4 Å².